The van der Waals surface area contributed by atoms with Gasteiger partial charge in [0.2, 0.25) is 10.0 Å². The van der Waals surface area contributed by atoms with E-state index in [-0.39, 0.29) is 27.9 Å². The molecule has 1 unspecified atom stereocenters. The first-order chi connectivity index (χ1) is 13.3. The number of esters is 1. The lowest BCUT2D eigenvalue weighted by Crippen LogP contribution is -2.49. The zero-order valence-corrected chi connectivity index (χ0v) is 17.1. The molecule has 0 saturated heterocycles. The number of nitrogens with zero attached hydrogens (tertiary/aromatic N) is 1. The van der Waals surface area contributed by atoms with E-state index in [9.17, 15) is 13.2 Å². The number of methoxy groups -OCH3 is 1. The number of ether oxygens (including phenoxy) is 1. The first-order valence-electron chi connectivity index (χ1n) is 8.46. The van der Waals surface area contributed by atoms with Crippen molar-refractivity contribution >= 4 is 50.1 Å². The number of nitrogens with one attached hydrogen (secondary N) is 1. The van der Waals surface area contributed by atoms with Gasteiger partial charge >= 0.3 is 5.97 Å². The smallest absolute Gasteiger partial charge is 0.324 e. The molecule has 4 rings (SSSR count). The van der Waals surface area contributed by atoms with Crippen LogP contribution in [0.1, 0.15) is 11.3 Å². The molecule has 0 radical (unpaired) electrons. The van der Waals surface area contributed by atoms with Crippen molar-refractivity contribution in [3.05, 3.63) is 63.8 Å². The molecule has 0 aliphatic carbocycles. The van der Waals surface area contributed by atoms with E-state index in [1.807, 2.05) is 24.3 Å². The molecule has 146 valence electrons. The molecule has 1 atom stereocenters. The minimum Gasteiger partial charge on any atom is -0.468 e. The molecule has 9 heteroatoms. The van der Waals surface area contributed by atoms with Crippen molar-refractivity contribution in [1.29, 1.82) is 0 Å². The standard InChI is InChI=1S/C19H16Cl2N2O4S/c1-27-19(24)17-9-13-12-4-2-3-5-15(12)22-16(13)10-23(17)28(25,26)18-8-11(20)6-7-14(18)21/h2-8,17,22H,9-10H2,1H3. The first-order valence-corrected chi connectivity index (χ1v) is 10.7. The van der Waals surface area contributed by atoms with Gasteiger partial charge in [0.15, 0.2) is 0 Å². The molecule has 0 spiro atoms. The molecule has 1 aliphatic heterocycles. The van der Waals surface area contributed by atoms with E-state index in [1.165, 1.54) is 25.3 Å². The number of fused-ring (bicyclic) bond motifs is 3. The largest absolute Gasteiger partial charge is 0.468 e. The fourth-order valence-corrected chi connectivity index (χ4v) is 5.86. The topological polar surface area (TPSA) is 79.5 Å². The van der Waals surface area contributed by atoms with Gasteiger partial charge in [-0.2, -0.15) is 4.31 Å². The Morgan fingerprint density at radius 2 is 1.96 bits per heavy atom. The molecule has 6 nitrogen and oxygen atoms in total. The zero-order chi connectivity index (χ0) is 20.1. The van der Waals surface area contributed by atoms with Gasteiger partial charge in [-0.3, -0.25) is 4.79 Å². The van der Waals surface area contributed by atoms with Gasteiger partial charge in [0, 0.05) is 28.0 Å². The first kappa shape index (κ1) is 19.3. The van der Waals surface area contributed by atoms with Crippen LogP contribution in [0.4, 0.5) is 0 Å². The van der Waals surface area contributed by atoms with Crippen LogP contribution < -0.4 is 0 Å². The molecule has 0 saturated carbocycles. The van der Waals surface area contributed by atoms with Crippen LogP contribution in [0.15, 0.2) is 47.4 Å². The van der Waals surface area contributed by atoms with Crippen molar-refractivity contribution in [3.8, 4) is 0 Å². The third-order valence-electron chi connectivity index (χ3n) is 4.91. The highest BCUT2D eigenvalue weighted by Gasteiger charge is 2.42. The number of carbonyl (C=O) groups is 1. The summed E-state index contributed by atoms with van der Waals surface area (Å²) in [5, 5.41) is 1.24. The molecule has 1 aromatic heterocycles. The van der Waals surface area contributed by atoms with Gasteiger partial charge in [-0.15, -0.1) is 0 Å². The Morgan fingerprint density at radius 3 is 2.71 bits per heavy atom. The van der Waals surface area contributed by atoms with Crippen molar-refractivity contribution in [2.24, 2.45) is 0 Å². The maximum Gasteiger partial charge on any atom is 0.324 e. The van der Waals surface area contributed by atoms with E-state index in [2.05, 4.69) is 4.98 Å². The minimum atomic E-state index is -4.10. The number of halogens is 2. The molecule has 1 aliphatic rings. The molecule has 0 bridgehead atoms. The summed E-state index contributed by atoms with van der Waals surface area (Å²) in [6.07, 6.45) is 0.198. The summed E-state index contributed by atoms with van der Waals surface area (Å²) in [5.41, 5.74) is 2.54. The predicted molar refractivity (Wildman–Crippen MR) is 107 cm³/mol. The van der Waals surface area contributed by atoms with Crippen LogP contribution in [0, 0.1) is 0 Å². The third-order valence-corrected chi connectivity index (χ3v) is 7.49. The molecule has 3 aromatic rings. The van der Waals surface area contributed by atoms with E-state index < -0.39 is 22.0 Å². The van der Waals surface area contributed by atoms with Gasteiger partial charge in [-0.25, -0.2) is 8.42 Å². The number of rotatable bonds is 3. The van der Waals surface area contributed by atoms with E-state index >= 15 is 0 Å². The van der Waals surface area contributed by atoms with Gasteiger partial charge in [-0.05, 0) is 29.8 Å². The second-order valence-electron chi connectivity index (χ2n) is 6.50. The van der Waals surface area contributed by atoms with Crippen molar-refractivity contribution in [2.45, 2.75) is 23.9 Å². The van der Waals surface area contributed by atoms with Gasteiger partial charge in [0.1, 0.15) is 10.9 Å². The minimum absolute atomic E-state index is 0.00500. The number of sulfonamides is 1. The lowest BCUT2D eigenvalue weighted by Gasteiger charge is -2.33. The van der Waals surface area contributed by atoms with Gasteiger partial charge in [-0.1, -0.05) is 41.4 Å². The van der Waals surface area contributed by atoms with Crippen LogP contribution in [0.3, 0.4) is 0 Å². The lowest BCUT2D eigenvalue weighted by molar-refractivity contribution is -0.145. The average molecular weight is 439 g/mol. The van der Waals surface area contributed by atoms with Crippen LogP contribution >= 0.6 is 23.2 Å². The van der Waals surface area contributed by atoms with Crippen LogP contribution in [0.25, 0.3) is 10.9 Å². The highest BCUT2D eigenvalue weighted by Crippen LogP contribution is 2.36. The van der Waals surface area contributed by atoms with E-state index in [1.54, 1.807) is 0 Å². The van der Waals surface area contributed by atoms with Crippen LogP contribution in [0.2, 0.25) is 10.0 Å². The Kier molecular flexibility index (Phi) is 4.87. The van der Waals surface area contributed by atoms with Gasteiger partial charge in [0.05, 0.1) is 18.7 Å². The van der Waals surface area contributed by atoms with E-state index in [0.717, 1.165) is 26.5 Å². The molecule has 1 N–H and O–H groups in total. The Bertz CT molecular complexity index is 1190. The SMILES string of the molecule is COC(=O)C1Cc2c([nH]c3ccccc23)CN1S(=O)(=O)c1cc(Cl)ccc1Cl. The number of para-hydroxylation sites is 1. The molecular formula is C19H16Cl2N2O4S. The quantitative estimate of drug-likeness (QED) is 0.631. The van der Waals surface area contributed by atoms with Crippen molar-refractivity contribution in [2.75, 3.05) is 7.11 Å². The molecular weight excluding hydrogens is 423 g/mol. The fourth-order valence-electron chi connectivity index (χ4n) is 3.58. The van der Waals surface area contributed by atoms with Crippen LogP contribution in [-0.2, 0) is 32.5 Å². The number of benzene rings is 2. The van der Waals surface area contributed by atoms with Gasteiger partial charge in [0.25, 0.3) is 0 Å². The summed E-state index contributed by atoms with van der Waals surface area (Å²) in [7, 11) is -2.86. The Hall–Kier alpha value is -2.06. The Balaban J connectivity index is 1.86. The predicted octanol–water partition coefficient (Wildman–Crippen LogP) is 3.76. The maximum absolute atomic E-state index is 13.4. The van der Waals surface area contributed by atoms with Crippen LogP contribution in [-0.4, -0.2) is 36.8 Å². The number of hydrogen-bond donors (Lipinski definition) is 1. The zero-order valence-electron chi connectivity index (χ0n) is 14.8. The second-order valence-corrected chi connectivity index (χ2v) is 9.20. The summed E-state index contributed by atoms with van der Waals surface area (Å²) in [6, 6.07) is 10.9. The lowest BCUT2D eigenvalue weighted by atomic mass is 9.98. The van der Waals surface area contributed by atoms with Gasteiger partial charge < -0.3 is 9.72 Å². The number of hydrogen-bond acceptors (Lipinski definition) is 4. The molecule has 2 aromatic carbocycles. The second kappa shape index (κ2) is 7.08. The number of aromatic amines is 1. The summed E-state index contributed by atoms with van der Waals surface area (Å²) >= 11 is 12.1. The normalized spacial score (nSPS) is 17.5. The Morgan fingerprint density at radius 1 is 1.21 bits per heavy atom. The number of carbonyl (C=O) groups excluding carboxylic acids is 1. The highest BCUT2D eigenvalue weighted by atomic mass is 35.5. The summed E-state index contributed by atoms with van der Waals surface area (Å²) < 4.78 is 32.8. The maximum atomic E-state index is 13.4. The van der Waals surface area contributed by atoms with Crippen molar-refractivity contribution in [1.82, 2.24) is 9.29 Å². The fraction of sp³-hybridized carbons (Fsp3) is 0.211. The average Bonchev–Trinajstić information content (AvgIpc) is 3.05. The molecule has 2 heterocycles. The summed E-state index contributed by atoms with van der Waals surface area (Å²) in [5.74, 6) is -0.627. The third kappa shape index (κ3) is 3.08. The van der Waals surface area contributed by atoms with Crippen LogP contribution in [0.5, 0.6) is 0 Å². The molecule has 0 amide bonds. The number of H-pyrrole nitrogens is 1. The summed E-state index contributed by atoms with van der Waals surface area (Å²) in [6.45, 7) is -0.00500. The van der Waals surface area contributed by atoms with Crippen molar-refractivity contribution in [3.63, 3.8) is 0 Å². The van der Waals surface area contributed by atoms with E-state index in [0.29, 0.717) is 0 Å². The van der Waals surface area contributed by atoms with Crippen molar-refractivity contribution < 1.29 is 17.9 Å². The van der Waals surface area contributed by atoms with E-state index in [4.69, 9.17) is 27.9 Å². The highest BCUT2D eigenvalue weighted by molar-refractivity contribution is 7.89. The molecule has 0 fully saturated rings. The number of aromatic nitrogens is 1. The monoisotopic (exact) mass is 438 g/mol. The molecule has 28 heavy (non-hydrogen) atoms. The Labute approximate surface area is 172 Å². The summed E-state index contributed by atoms with van der Waals surface area (Å²) in [4.78, 5) is 15.6.